The van der Waals surface area contributed by atoms with Crippen LogP contribution in [0.15, 0.2) is 74.6 Å². The maximum absolute atomic E-state index is 13.1. The molecule has 0 radical (unpaired) electrons. The van der Waals surface area contributed by atoms with Gasteiger partial charge in [-0.15, -0.1) is 0 Å². The van der Waals surface area contributed by atoms with Crippen LogP contribution in [0.1, 0.15) is 19.8 Å². The maximum Gasteiger partial charge on any atom is 0.339 e. The number of halogens is 2. The highest BCUT2D eigenvalue weighted by Crippen LogP contribution is 2.39. The Bertz CT molecular complexity index is 1370. The number of hydrogen-bond donors (Lipinski definition) is 0. The first-order valence-corrected chi connectivity index (χ1v) is 12.7. The van der Waals surface area contributed by atoms with E-state index < -0.39 is 10.1 Å². The van der Waals surface area contributed by atoms with Crippen molar-refractivity contribution in [3.63, 3.8) is 0 Å². The fourth-order valence-electron chi connectivity index (χ4n) is 3.17. The molecule has 0 fully saturated rings. The quantitative estimate of drug-likeness (QED) is 0.181. The van der Waals surface area contributed by atoms with E-state index in [0.717, 1.165) is 39.2 Å². The van der Waals surface area contributed by atoms with E-state index in [4.69, 9.17) is 8.92 Å². The third kappa shape index (κ3) is 4.71. The lowest BCUT2D eigenvalue weighted by Gasteiger charge is -2.13. The molecule has 31 heavy (non-hydrogen) atoms. The van der Waals surface area contributed by atoms with Crippen molar-refractivity contribution >= 4 is 63.7 Å². The van der Waals surface area contributed by atoms with Crippen LogP contribution in [0.3, 0.4) is 0 Å². The van der Waals surface area contributed by atoms with Crippen LogP contribution in [0.25, 0.3) is 21.7 Å². The number of ether oxygens (including phenoxy) is 1. The number of rotatable bonds is 7. The fraction of sp³-hybridized carbons (Fsp3) is 0.174. The Hall–Kier alpha value is -2.16. The molecule has 8 heteroatoms. The Labute approximate surface area is 197 Å². The minimum atomic E-state index is -4.08. The molecule has 0 aliphatic carbocycles. The first-order valence-electron chi connectivity index (χ1n) is 9.73. The second kappa shape index (κ2) is 9.14. The molecule has 0 aliphatic rings. The van der Waals surface area contributed by atoms with E-state index >= 15 is 0 Å². The van der Waals surface area contributed by atoms with Crippen LogP contribution in [-0.2, 0) is 10.1 Å². The Morgan fingerprint density at radius 3 is 2.55 bits per heavy atom. The molecule has 3 aromatic carbocycles. The number of hydrogen-bond acceptors (Lipinski definition) is 5. The predicted octanol–water partition coefficient (Wildman–Crippen LogP) is 6.86. The topological polar surface area (TPSA) is 65.5 Å². The first kappa shape index (κ1) is 22.0. The van der Waals surface area contributed by atoms with Crippen molar-refractivity contribution in [1.29, 1.82) is 0 Å². The lowest BCUT2D eigenvalue weighted by molar-refractivity contribution is 0.310. The SMILES string of the molecule is CCCCOc1ccc2cc(S(=O)(=O)Oc3c(Br)cc(Br)c4cccnc34)ccc2c1. The minimum Gasteiger partial charge on any atom is -0.494 e. The molecule has 0 atom stereocenters. The standard InChI is InChI=1S/C23H19Br2NO4S/c1-2-3-11-29-17-8-6-16-13-18(9-7-15(16)12-17)31(27,28)30-23-21(25)14-20(24)19-5-4-10-26-22(19)23/h4-10,12-14H,2-3,11H2,1H3. The molecule has 5 nitrogen and oxygen atoms in total. The smallest absolute Gasteiger partial charge is 0.339 e. The van der Waals surface area contributed by atoms with Crippen LogP contribution in [0.5, 0.6) is 11.5 Å². The molecular weight excluding hydrogens is 546 g/mol. The van der Waals surface area contributed by atoms with Gasteiger partial charge >= 0.3 is 10.1 Å². The second-order valence-electron chi connectivity index (χ2n) is 6.98. The normalized spacial score (nSPS) is 11.7. The summed E-state index contributed by atoms with van der Waals surface area (Å²) >= 11 is 6.87. The molecule has 1 aromatic heterocycles. The van der Waals surface area contributed by atoms with E-state index in [2.05, 4.69) is 43.8 Å². The Balaban J connectivity index is 1.68. The summed E-state index contributed by atoms with van der Waals surface area (Å²) in [5, 5.41) is 2.43. The Kier molecular flexibility index (Phi) is 6.50. The zero-order valence-electron chi connectivity index (χ0n) is 16.6. The summed E-state index contributed by atoms with van der Waals surface area (Å²) in [5.41, 5.74) is 0.446. The van der Waals surface area contributed by atoms with Crippen molar-refractivity contribution in [3.05, 3.63) is 69.7 Å². The van der Waals surface area contributed by atoms with E-state index in [-0.39, 0.29) is 10.6 Å². The zero-order chi connectivity index (χ0) is 22.0. The van der Waals surface area contributed by atoms with Crippen LogP contribution in [0.2, 0.25) is 0 Å². The van der Waals surface area contributed by atoms with Gasteiger partial charge in [0.15, 0.2) is 5.75 Å². The third-order valence-corrected chi connectivity index (χ3v) is 7.24. The first-order chi connectivity index (χ1) is 14.9. The van der Waals surface area contributed by atoms with Crippen molar-refractivity contribution in [1.82, 2.24) is 4.98 Å². The zero-order valence-corrected chi connectivity index (χ0v) is 20.6. The molecule has 160 valence electrons. The number of benzene rings is 3. The maximum atomic E-state index is 13.1. The van der Waals surface area contributed by atoms with Gasteiger partial charge in [0.1, 0.15) is 16.2 Å². The molecule has 0 N–H and O–H groups in total. The monoisotopic (exact) mass is 563 g/mol. The van der Waals surface area contributed by atoms with Crippen LogP contribution in [-0.4, -0.2) is 20.0 Å². The third-order valence-electron chi connectivity index (χ3n) is 4.78. The van der Waals surface area contributed by atoms with Gasteiger partial charge < -0.3 is 8.92 Å². The van der Waals surface area contributed by atoms with Crippen molar-refractivity contribution in [2.45, 2.75) is 24.7 Å². The molecule has 0 amide bonds. The number of nitrogens with zero attached hydrogens (tertiary/aromatic N) is 1. The molecule has 0 aliphatic heterocycles. The van der Waals surface area contributed by atoms with Gasteiger partial charge in [-0.05, 0) is 69.5 Å². The Morgan fingerprint density at radius 2 is 1.74 bits per heavy atom. The molecule has 4 aromatic rings. The van der Waals surface area contributed by atoms with Crippen molar-refractivity contribution in [2.75, 3.05) is 6.61 Å². The van der Waals surface area contributed by atoms with Crippen LogP contribution in [0.4, 0.5) is 0 Å². The molecule has 1 heterocycles. The lowest BCUT2D eigenvalue weighted by Crippen LogP contribution is -2.10. The fourth-order valence-corrected chi connectivity index (χ4v) is 5.62. The van der Waals surface area contributed by atoms with E-state index in [1.54, 1.807) is 30.5 Å². The van der Waals surface area contributed by atoms with Crippen molar-refractivity contribution in [3.8, 4) is 11.5 Å². The van der Waals surface area contributed by atoms with Gasteiger partial charge in [0.05, 0.1) is 11.1 Å². The predicted molar refractivity (Wildman–Crippen MR) is 129 cm³/mol. The second-order valence-corrected chi connectivity index (χ2v) is 10.2. The van der Waals surface area contributed by atoms with Gasteiger partial charge in [-0.2, -0.15) is 8.42 Å². The van der Waals surface area contributed by atoms with Gasteiger partial charge in [-0.25, -0.2) is 0 Å². The molecular formula is C23H19Br2NO4S. The Morgan fingerprint density at radius 1 is 0.968 bits per heavy atom. The lowest BCUT2D eigenvalue weighted by atomic mass is 10.1. The average Bonchev–Trinajstić information content (AvgIpc) is 2.76. The highest BCUT2D eigenvalue weighted by atomic mass is 79.9. The number of fused-ring (bicyclic) bond motifs is 2. The molecule has 0 unspecified atom stereocenters. The van der Waals surface area contributed by atoms with Crippen LogP contribution in [0, 0.1) is 0 Å². The highest BCUT2D eigenvalue weighted by Gasteiger charge is 2.22. The molecule has 0 bridgehead atoms. The summed E-state index contributed by atoms with van der Waals surface area (Å²) in [4.78, 5) is 4.38. The van der Waals surface area contributed by atoms with Crippen LogP contribution < -0.4 is 8.92 Å². The van der Waals surface area contributed by atoms with E-state index in [9.17, 15) is 8.42 Å². The largest absolute Gasteiger partial charge is 0.494 e. The number of unbranched alkanes of at least 4 members (excludes halogenated alkanes) is 1. The molecule has 0 saturated heterocycles. The highest BCUT2D eigenvalue weighted by molar-refractivity contribution is 9.11. The van der Waals surface area contributed by atoms with E-state index in [1.165, 1.54) is 6.07 Å². The van der Waals surface area contributed by atoms with Gasteiger partial charge in [0.25, 0.3) is 0 Å². The molecule has 4 rings (SSSR count). The molecule has 0 saturated carbocycles. The van der Waals surface area contributed by atoms with Gasteiger partial charge in [0, 0.05) is 16.1 Å². The average molecular weight is 565 g/mol. The van der Waals surface area contributed by atoms with Gasteiger partial charge in [-0.1, -0.05) is 47.5 Å². The van der Waals surface area contributed by atoms with E-state index in [0.29, 0.717) is 16.6 Å². The summed E-state index contributed by atoms with van der Waals surface area (Å²) in [7, 11) is -4.08. The van der Waals surface area contributed by atoms with E-state index in [1.807, 2.05) is 24.3 Å². The van der Waals surface area contributed by atoms with Crippen LogP contribution >= 0.6 is 31.9 Å². The summed E-state index contributed by atoms with van der Waals surface area (Å²) in [6.45, 7) is 2.77. The summed E-state index contributed by atoms with van der Waals surface area (Å²) in [5.74, 6) is 0.919. The summed E-state index contributed by atoms with van der Waals surface area (Å²) in [6.07, 6.45) is 3.65. The van der Waals surface area contributed by atoms with Crippen molar-refractivity contribution in [2.24, 2.45) is 0 Å². The summed E-state index contributed by atoms with van der Waals surface area (Å²) in [6, 6.07) is 15.9. The molecule has 0 spiro atoms. The van der Waals surface area contributed by atoms with Gasteiger partial charge in [0.2, 0.25) is 0 Å². The van der Waals surface area contributed by atoms with Crippen molar-refractivity contribution < 1.29 is 17.3 Å². The van der Waals surface area contributed by atoms with Gasteiger partial charge in [-0.3, -0.25) is 4.98 Å². The minimum absolute atomic E-state index is 0.0681. The summed E-state index contributed by atoms with van der Waals surface area (Å²) < 4.78 is 38.7. The number of pyridine rings is 1. The number of aromatic nitrogens is 1.